The predicted molar refractivity (Wildman–Crippen MR) is 129 cm³/mol. The average molecular weight is 483 g/mol. The molecule has 1 unspecified atom stereocenters. The maximum atomic E-state index is 13.3. The lowest BCUT2D eigenvalue weighted by molar-refractivity contribution is 0.111. The summed E-state index contributed by atoms with van der Waals surface area (Å²) in [6.45, 7) is 4.34. The number of hydrogen-bond donors (Lipinski definition) is 2. The first kappa shape index (κ1) is 23.8. The molecule has 162 valence electrons. The second-order valence-electron chi connectivity index (χ2n) is 7.71. The Hall–Kier alpha value is -0.900. The number of aliphatic hydroxyl groups is 1. The summed E-state index contributed by atoms with van der Waals surface area (Å²) in [4.78, 5) is 0.257. The Balaban J connectivity index is 1.76. The standard InChI is InChI=1S/C20H28N3O3P3S/c1-15(2)13-22(14-20(24)19(21-27)12-16-6-4-3-5-7-16)30(25,26)18-10-8-17(9-11-18)23-28-29-23/h3-11,15,19-21,24H,12-14,27H2,1-2H3/t19-,20+/m0/s1. The van der Waals surface area contributed by atoms with Crippen molar-refractivity contribution in [1.82, 2.24) is 9.39 Å². The molecule has 0 radical (unpaired) electrons. The van der Waals surface area contributed by atoms with Crippen molar-refractivity contribution in [3.63, 3.8) is 0 Å². The smallest absolute Gasteiger partial charge is 0.243 e. The van der Waals surface area contributed by atoms with Crippen LogP contribution >= 0.6 is 25.4 Å². The molecule has 0 saturated carbocycles. The van der Waals surface area contributed by atoms with Crippen molar-refractivity contribution in [1.29, 1.82) is 0 Å². The normalized spacial score (nSPS) is 16.7. The molecule has 0 aliphatic carbocycles. The van der Waals surface area contributed by atoms with Gasteiger partial charge in [0.1, 0.15) is 0 Å². The molecule has 3 atom stereocenters. The van der Waals surface area contributed by atoms with Gasteiger partial charge in [0.15, 0.2) is 0 Å². The van der Waals surface area contributed by atoms with Crippen molar-refractivity contribution in [3.8, 4) is 0 Å². The number of nitrogens with one attached hydrogen (secondary N) is 1. The SMILES string of the molecule is CC(C)CN(C[C@@H](O)[C@H](Cc1ccccc1)NP)S(=O)(=O)c1ccc(N2P=P2)cc1. The zero-order valence-corrected chi connectivity index (χ0v) is 20.8. The molecule has 0 spiro atoms. The van der Waals surface area contributed by atoms with Gasteiger partial charge in [-0.1, -0.05) is 53.6 Å². The molecule has 1 aliphatic heterocycles. The van der Waals surface area contributed by atoms with Crippen LogP contribution in [0.3, 0.4) is 0 Å². The lowest BCUT2D eigenvalue weighted by Crippen LogP contribution is -2.47. The van der Waals surface area contributed by atoms with E-state index in [2.05, 4.69) is 18.9 Å². The molecule has 0 fully saturated rings. The van der Waals surface area contributed by atoms with Gasteiger partial charge in [0.2, 0.25) is 10.0 Å². The maximum absolute atomic E-state index is 13.3. The number of hydrogen-bond acceptors (Lipinski definition) is 5. The van der Waals surface area contributed by atoms with Crippen LogP contribution in [-0.2, 0) is 16.4 Å². The van der Waals surface area contributed by atoms with E-state index in [0.29, 0.717) is 13.0 Å². The third-order valence-corrected chi connectivity index (χ3v) is 8.99. The molecule has 0 bridgehead atoms. The fourth-order valence-electron chi connectivity index (χ4n) is 3.21. The number of sulfonamides is 1. The molecule has 1 heterocycles. The highest BCUT2D eigenvalue weighted by atomic mass is 32.2. The molecule has 2 aromatic carbocycles. The van der Waals surface area contributed by atoms with Gasteiger partial charge in [-0.3, -0.25) is 9.53 Å². The molecule has 1 aliphatic rings. The summed E-state index contributed by atoms with van der Waals surface area (Å²) in [5.41, 5.74) is 2.10. The number of rotatable bonds is 11. The van der Waals surface area contributed by atoms with E-state index in [4.69, 9.17) is 0 Å². The van der Waals surface area contributed by atoms with Crippen LogP contribution in [0.25, 0.3) is 0 Å². The van der Waals surface area contributed by atoms with Crippen LogP contribution < -0.4 is 9.53 Å². The fourth-order valence-corrected chi connectivity index (χ4v) is 6.43. The summed E-state index contributed by atoms with van der Waals surface area (Å²) >= 11 is 0. The first-order valence-electron chi connectivity index (χ1n) is 9.81. The van der Waals surface area contributed by atoms with Crippen molar-refractivity contribution in [2.75, 3.05) is 17.5 Å². The van der Waals surface area contributed by atoms with Gasteiger partial charge in [0.05, 0.1) is 32.7 Å². The summed E-state index contributed by atoms with van der Waals surface area (Å²) < 4.78 is 30.2. The Morgan fingerprint density at radius 1 is 1.07 bits per heavy atom. The third-order valence-electron chi connectivity index (χ3n) is 4.82. The fraction of sp³-hybridized carbons (Fsp3) is 0.400. The van der Waals surface area contributed by atoms with Crippen molar-refractivity contribution in [3.05, 3.63) is 60.2 Å². The van der Waals surface area contributed by atoms with Gasteiger partial charge in [0.25, 0.3) is 0 Å². The van der Waals surface area contributed by atoms with Gasteiger partial charge in [-0.15, -0.1) is 0 Å². The van der Waals surface area contributed by atoms with Crippen LogP contribution in [0.1, 0.15) is 19.4 Å². The van der Waals surface area contributed by atoms with Gasteiger partial charge in [-0.05, 0) is 42.2 Å². The highest BCUT2D eigenvalue weighted by Gasteiger charge is 2.30. The van der Waals surface area contributed by atoms with Gasteiger partial charge in [0, 0.05) is 19.1 Å². The maximum Gasteiger partial charge on any atom is 0.243 e. The molecule has 3 rings (SSSR count). The van der Waals surface area contributed by atoms with E-state index in [9.17, 15) is 13.5 Å². The van der Waals surface area contributed by atoms with Crippen molar-refractivity contribution >= 4 is 41.1 Å². The summed E-state index contributed by atoms with van der Waals surface area (Å²) in [6.07, 6.45) is -0.255. The Bertz CT molecular complexity index is 950. The van der Waals surface area contributed by atoms with Crippen LogP contribution in [0.2, 0.25) is 0 Å². The van der Waals surface area contributed by atoms with Crippen molar-refractivity contribution in [2.45, 2.75) is 37.3 Å². The summed E-state index contributed by atoms with van der Waals surface area (Å²) in [5.74, 6) is 0.137. The molecule has 2 N–H and O–H groups in total. The van der Waals surface area contributed by atoms with E-state index in [1.165, 1.54) is 20.3 Å². The van der Waals surface area contributed by atoms with Crippen LogP contribution in [0, 0.1) is 5.92 Å². The lowest BCUT2D eigenvalue weighted by Gasteiger charge is -2.30. The van der Waals surface area contributed by atoms with Crippen LogP contribution in [0.5, 0.6) is 0 Å². The molecule has 10 heteroatoms. The first-order chi connectivity index (χ1) is 14.3. The largest absolute Gasteiger partial charge is 0.390 e. The van der Waals surface area contributed by atoms with E-state index in [0.717, 1.165) is 11.3 Å². The van der Waals surface area contributed by atoms with E-state index < -0.39 is 16.1 Å². The molecule has 2 aromatic rings. The van der Waals surface area contributed by atoms with E-state index >= 15 is 0 Å². The quantitative estimate of drug-likeness (QED) is 0.470. The molecule has 0 aromatic heterocycles. The second kappa shape index (κ2) is 10.6. The lowest BCUT2D eigenvalue weighted by atomic mass is 10.0. The van der Waals surface area contributed by atoms with Gasteiger partial charge in [-0.2, -0.15) is 4.31 Å². The highest BCUT2D eigenvalue weighted by molar-refractivity contribution is 8.03. The Labute approximate surface area is 184 Å². The van der Waals surface area contributed by atoms with Gasteiger partial charge >= 0.3 is 0 Å². The predicted octanol–water partition coefficient (Wildman–Crippen LogP) is 4.14. The van der Waals surface area contributed by atoms with Gasteiger partial charge < -0.3 is 5.11 Å². The summed E-state index contributed by atoms with van der Waals surface area (Å²) in [6, 6.07) is 16.6. The zero-order chi connectivity index (χ0) is 21.7. The monoisotopic (exact) mass is 483 g/mol. The number of nitrogens with zero attached hydrogens (tertiary/aromatic N) is 2. The first-order valence-corrected chi connectivity index (χ1v) is 14.2. The summed E-state index contributed by atoms with van der Waals surface area (Å²) in [5, 5.41) is 14.0. The van der Waals surface area contributed by atoms with Crippen LogP contribution in [-0.4, -0.2) is 43.1 Å². The summed E-state index contributed by atoms with van der Waals surface area (Å²) in [7, 11) is 1.16. The van der Waals surface area contributed by atoms with Crippen molar-refractivity contribution < 1.29 is 13.5 Å². The number of anilines is 1. The van der Waals surface area contributed by atoms with E-state index in [-0.39, 0.29) is 23.4 Å². The molecular formula is C20H28N3O3P3S. The third kappa shape index (κ3) is 6.31. The Morgan fingerprint density at radius 2 is 1.70 bits per heavy atom. The number of aliphatic hydroxyl groups excluding tert-OH is 1. The van der Waals surface area contributed by atoms with Gasteiger partial charge in [-0.25, -0.2) is 8.42 Å². The number of benzene rings is 2. The second-order valence-corrected chi connectivity index (χ2v) is 12.5. The Morgan fingerprint density at radius 3 is 2.23 bits per heavy atom. The zero-order valence-electron chi connectivity index (χ0n) is 17.1. The Kier molecular flexibility index (Phi) is 8.40. The minimum Gasteiger partial charge on any atom is -0.390 e. The van der Waals surface area contributed by atoms with Crippen LogP contribution in [0.4, 0.5) is 5.69 Å². The molecule has 6 nitrogen and oxygen atoms in total. The van der Waals surface area contributed by atoms with Crippen molar-refractivity contribution in [2.24, 2.45) is 5.92 Å². The molecule has 0 amide bonds. The van der Waals surface area contributed by atoms with Crippen LogP contribution in [0.15, 0.2) is 59.5 Å². The highest BCUT2D eigenvalue weighted by Crippen LogP contribution is 2.49. The van der Waals surface area contributed by atoms with E-state index in [1.54, 1.807) is 12.1 Å². The van der Waals surface area contributed by atoms with E-state index in [1.807, 2.05) is 56.3 Å². The average Bonchev–Trinajstić information content (AvgIpc) is 3.57. The molecule has 30 heavy (non-hydrogen) atoms. The topological polar surface area (TPSA) is 72.7 Å². The minimum absolute atomic E-state index is 0.0323. The molecule has 0 saturated heterocycles. The molecular weight excluding hydrogens is 455 g/mol. The minimum atomic E-state index is -3.71.